The number of hydrogen-bond donors (Lipinski definition) is 1. The molecule has 0 saturated heterocycles. The summed E-state index contributed by atoms with van der Waals surface area (Å²) in [6.45, 7) is 2.11. The fourth-order valence-electron chi connectivity index (χ4n) is 2.16. The van der Waals surface area contributed by atoms with Gasteiger partial charge in [0.25, 0.3) is 0 Å². The second-order valence-corrected chi connectivity index (χ2v) is 5.39. The van der Waals surface area contributed by atoms with E-state index in [1.807, 2.05) is 0 Å². The summed E-state index contributed by atoms with van der Waals surface area (Å²) in [5.41, 5.74) is -0.153. The number of benzene rings is 2. The predicted molar refractivity (Wildman–Crippen MR) is 75.9 cm³/mol. The van der Waals surface area contributed by atoms with Crippen molar-refractivity contribution >= 4 is 15.9 Å². The van der Waals surface area contributed by atoms with E-state index in [2.05, 4.69) is 21.2 Å². The van der Waals surface area contributed by atoms with Crippen LogP contribution in [0.2, 0.25) is 0 Å². The Morgan fingerprint density at radius 1 is 0.952 bits per heavy atom. The highest BCUT2D eigenvalue weighted by Gasteiger charge is 2.23. The molecule has 1 N–H and O–H groups in total. The molecule has 1 nitrogen and oxygen atoms in total. The molecule has 2 rings (SSSR count). The minimum absolute atomic E-state index is 0.120. The Balaban J connectivity index is 2.58. The molecule has 2 aromatic carbocycles. The lowest BCUT2D eigenvalue weighted by Gasteiger charge is -2.20. The molecule has 21 heavy (non-hydrogen) atoms. The van der Waals surface area contributed by atoms with Gasteiger partial charge in [0.2, 0.25) is 0 Å². The van der Waals surface area contributed by atoms with Gasteiger partial charge in [0, 0.05) is 16.1 Å². The first-order chi connectivity index (χ1) is 9.92. The topological polar surface area (TPSA) is 12.0 Å². The van der Waals surface area contributed by atoms with Gasteiger partial charge >= 0.3 is 0 Å². The largest absolute Gasteiger partial charge is 0.306 e. The third kappa shape index (κ3) is 3.63. The highest BCUT2D eigenvalue weighted by molar-refractivity contribution is 9.10. The van der Waals surface area contributed by atoms with E-state index in [1.165, 1.54) is 0 Å². The number of rotatable bonds is 4. The molecule has 112 valence electrons. The van der Waals surface area contributed by atoms with Crippen LogP contribution in [0.1, 0.15) is 24.1 Å². The van der Waals surface area contributed by atoms with E-state index >= 15 is 0 Å². The molecule has 6 heteroatoms. The third-order valence-corrected chi connectivity index (χ3v) is 3.42. The van der Waals surface area contributed by atoms with Gasteiger partial charge in [-0.1, -0.05) is 22.9 Å². The Labute approximate surface area is 128 Å². The Morgan fingerprint density at radius 2 is 1.48 bits per heavy atom. The van der Waals surface area contributed by atoms with E-state index in [0.29, 0.717) is 12.6 Å². The summed E-state index contributed by atoms with van der Waals surface area (Å²) in [6, 6.07) is 4.06. The van der Waals surface area contributed by atoms with Gasteiger partial charge in [-0.15, -0.1) is 0 Å². The van der Waals surface area contributed by atoms with Gasteiger partial charge in [0.05, 0.1) is 6.04 Å². The fourth-order valence-corrected chi connectivity index (χ4v) is 2.56. The Bertz CT molecular complexity index is 617. The molecule has 0 saturated carbocycles. The minimum atomic E-state index is -0.978. The van der Waals surface area contributed by atoms with Crippen LogP contribution in [-0.2, 0) is 0 Å². The number of nitrogens with one attached hydrogen (secondary N) is 1. The van der Waals surface area contributed by atoms with Crippen molar-refractivity contribution in [3.05, 3.63) is 69.2 Å². The van der Waals surface area contributed by atoms with Crippen LogP contribution in [0.4, 0.5) is 17.6 Å². The molecule has 0 aliphatic heterocycles. The van der Waals surface area contributed by atoms with Crippen LogP contribution >= 0.6 is 15.9 Å². The zero-order valence-electron chi connectivity index (χ0n) is 11.1. The maximum atomic E-state index is 14.1. The van der Waals surface area contributed by atoms with E-state index in [9.17, 15) is 17.6 Å². The molecule has 2 aromatic rings. The van der Waals surface area contributed by atoms with Crippen molar-refractivity contribution in [3.8, 4) is 0 Å². The van der Waals surface area contributed by atoms with Gasteiger partial charge in [-0.2, -0.15) is 0 Å². The van der Waals surface area contributed by atoms with E-state index in [0.717, 1.165) is 24.3 Å². The summed E-state index contributed by atoms with van der Waals surface area (Å²) in [5.74, 6) is -3.19. The van der Waals surface area contributed by atoms with Crippen molar-refractivity contribution in [1.29, 1.82) is 0 Å². The summed E-state index contributed by atoms with van der Waals surface area (Å²) in [5, 5.41) is 2.84. The molecule has 0 radical (unpaired) electrons. The normalized spacial score (nSPS) is 12.5. The number of halogens is 5. The minimum Gasteiger partial charge on any atom is -0.306 e. The summed E-state index contributed by atoms with van der Waals surface area (Å²) in [6.07, 6.45) is 0. The highest BCUT2D eigenvalue weighted by Crippen LogP contribution is 2.30. The predicted octanol–water partition coefficient (Wildman–Crippen LogP) is 4.70. The van der Waals surface area contributed by atoms with Crippen molar-refractivity contribution in [1.82, 2.24) is 5.32 Å². The molecular weight excluding hydrogens is 350 g/mol. The SMILES string of the molecule is CCNC(c1cc(F)cc(F)c1)c1c(F)cc(Br)cc1F. The standard InChI is InChI=1S/C15H12BrF4N/c1-2-21-15(8-3-10(17)7-11(18)4-8)14-12(19)5-9(16)6-13(14)20/h3-7,15,21H,2H2,1H3. The average molecular weight is 362 g/mol. The van der Waals surface area contributed by atoms with Crippen molar-refractivity contribution in [2.75, 3.05) is 6.54 Å². The maximum absolute atomic E-state index is 14.1. The molecule has 1 atom stereocenters. The summed E-state index contributed by atoms with van der Waals surface area (Å²) < 4.78 is 55.1. The second-order valence-electron chi connectivity index (χ2n) is 4.48. The van der Waals surface area contributed by atoms with E-state index in [4.69, 9.17) is 0 Å². The maximum Gasteiger partial charge on any atom is 0.132 e. The van der Waals surface area contributed by atoms with Crippen molar-refractivity contribution in [2.45, 2.75) is 13.0 Å². The van der Waals surface area contributed by atoms with Crippen LogP contribution < -0.4 is 5.32 Å². The van der Waals surface area contributed by atoms with E-state index in [-0.39, 0.29) is 15.6 Å². The Hall–Kier alpha value is -1.40. The van der Waals surface area contributed by atoms with E-state index < -0.39 is 29.3 Å². The fraction of sp³-hybridized carbons (Fsp3) is 0.200. The first-order valence-electron chi connectivity index (χ1n) is 6.26. The molecule has 0 bridgehead atoms. The van der Waals surface area contributed by atoms with Gasteiger partial charge in [-0.3, -0.25) is 0 Å². The molecular formula is C15H12BrF4N. The number of hydrogen-bond acceptors (Lipinski definition) is 1. The van der Waals surface area contributed by atoms with Crippen molar-refractivity contribution in [3.63, 3.8) is 0 Å². The Kier molecular flexibility index (Phi) is 5.00. The molecule has 0 aliphatic rings. The zero-order chi connectivity index (χ0) is 15.6. The lowest BCUT2D eigenvalue weighted by Crippen LogP contribution is -2.24. The van der Waals surface area contributed by atoms with Gasteiger partial charge in [0.1, 0.15) is 23.3 Å². The lowest BCUT2D eigenvalue weighted by atomic mass is 9.97. The third-order valence-electron chi connectivity index (χ3n) is 2.96. The molecule has 1 unspecified atom stereocenters. The van der Waals surface area contributed by atoms with Gasteiger partial charge in [-0.25, -0.2) is 17.6 Å². The monoisotopic (exact) mass is 361 g/mol. The van der Waals surface area contributed by atoms with Gasteiger partial charge in [0.15, 0.2) is 0 Å². The van der Waals surface area contributed by atoms with Gasteiger partial charge < -0.3 is 5.32 Å². The summed E-state index contributed by atoms with van der Waals surface area (Å²) >= 11 is 2.99. The molecule has 0 heterocycles. The first-order valence-corrected chi connectivity index (χ1v) is 7.05. The van der Waals surface area contributed by atoms with Crippen molar-refractivity contribution < 1.29 is 17.6 Å². The highest BCUT2D eigenvalue weighted by atomic mass is 79.9. The van der Waals surface area contributed by atoms with Crippen LogP contribution in [0.3, 0.4) is 0 Å². The summed E-state index contributed by atoms with van der Waals surface area (Å²) in [7, 11) is 0. The second kappa shape index (κ2) is 6.58. The Morgan fingerprint density at radius 3 is 1.95 bits per heavy atom. The van der Waals surface area contributed by atoms with E-state index in [1.54, 1.807) is 6.92 Å². The van der Waals surface area contributed by atoms with Crippen LogP contribution in [0, 0.1) is 23.3 Å². The molecule has 0 aromatic heterocycles. The molecule has 0 amide bonds. The smallest absolute Gasteiger partial charge is 0.132 e. The summed E-state index contributed by atoms with van der Waals surface area (Å²) in [4.78, 5) is 0. The quantitative estimate of drug-likeness (QED) is 0.778. The first kappa shape index (κ1) is 16.0. The van der Waals surface area contributed by atoms with Crippen molar-refractivity contribution in [2.24, 2.45) is 0 Å². The van der Waals surface area contributed by atoms with Gasteiger partial charge in [-0.05, 0) is 36.4 Å². The molecule has 0 aliphatic carbocycles. The van der Waals surface area contributed by atoms with Crippen LogP contribution in [0.5, 0.6) is 0 Å². The van der Waals surface area contributed by atoms with Crippen LogP contribution in [0.25, 0.3) is 0 Å². The van der Waals surface area contributed by atoms with Crippen LogP contribution in [0.15, 0.2) is 34.8 Å². The average Bonchev–Trinajstić information content (AvgIpc) is 2.35. The zero-order valence-corrected chi connectivity index (χ0v) is 12.6. The lowest BCUT2D eigenvalue weighted by molar-refractivity contribution is 0.503. The molecule has 0 spiro atoms. The molecule has 0 fully saturated rings. The van der Waals surface area contributed by atoms with Crippen LogP contribution in [-0.4, -0.2) is 6.54 Å².